The van der Waals surface area contributed by atoms with Gasteiger partial charge in [0.2, 0.25) is 0 Å². The molecular weight excluding hydrogens is 410 g/mol. The number of nitrogens with zero attached hydrogens (tertiary/aromatic N) is 3. The number of fused-ring (bicyclic) bond motifs is 1. The zero-order chi connectivity index (χ0) is 20.2. The smallest absolute Gasteiger partial charge is 0.326 e. The summed E-state index contributed by atoms with van der Waals surface area (Å²) in [5.41, 5.74) is 8.17. The highest BCUT2D eigenvalue weighted by Crippen LogP contribution is 2.28. The second-order valence-electron chi connectivity index (χ2n) is 6.75. The Morgan fingerprint density at radius 1 is 1.24 bits per heavy atom. The van der Waals surface area contributed by atoms with Gasteiger partial charge in [0.15, 0.2) is 5.13 Å². The number of ether oxygens (including phenoxy) is 1. The average Bonchev–Trinajstić information content (AvgIpc) is 3.10. The molecule has 1 saturated heterocycles. The summed E-state index contributed by atoms with van der Waals surface area (Å²) in [5, 5.41) is 4.10. The Morgan fingerprint density at radius 3 is 2.76 bits per heavy atom. The number of nitrogen functional groups attached to an aromatic ring is 1. The van der Waals surface area contributed by atoms with Crippen molar-refractivity contribution in [3.63, 3.8) is 0 Å². The normalized spacial score (nSPS) is 14.8. The van der Waals surface area contributed by atoms with E-state index in [4.69, 9.17) is 22.1 Å². The summed E-state index contributed by atoms with van der Waals surface area (Å²) >= 11 is 7.36. The molecule has 1 fully saturated rings. The summed E-state index contributed by atoms with van der Waals surface area (Å²) in [7, 11) is 0. The Labute approximate surface area is 178 Å². The summed E-state index contributed by atoms with van der Waals surface area (Å²) < 4.78 is 6.37. The van der Waals surface area contributed by atoms with Crippen molar-refractivity contribution in [2.45, 2.75) is 0 Å². The number of benzene rings is 2. The third-order valence-corrected chi connectivity index (χ3v) is 5.88. The van der Waals surface area contributed by atoms with Crippen LogP contribution in [-0.4, -0.2) is 55.3 Å². The van der Waals surface area contributed by atoms with Crippen molar-refractivity contribution in [1.29, 1.82) is 0 Å². The molecule has 0 aliphatic carbocycles. The van der Waals surface area contributed by atoms with E-state index in [-0.39, 0.29) is 6.03 Å². The summed E-state index contributed by atoms with van der Waals surface area (Å²) in [6, 6.07) is 12.6. The van der Waals surface area contributed by atoms with Gasteiger partial charge in [0.1, 0.15) is 0 Å². The van der Waals surface area contributed by atoms with Gasteiger partial charge in [-0.2, -0.15) is 0 Å². The molecule has 7 nitrogen and oxygen atoms in total. The van der Waals surface area contributed by atoms with Crippen molar-refractivity contribution in [3.8, 4) is 0 Å². The number of amides is 2. The molecule has 1 aliphatic rings. The number of nitrogens with one attached hydrogen (secondary N) is 1. The fraction of sp³-hybridized carbons (Fsp3) is 0.300. The van der Waals surface area contributed by atoms with Crippen LogP contribution in [0.1, 0.15) is 0 Å². The van der Waals surface area contributed by atoms with Crippen molar-refractivity contribution in [2.24, 2.45) is 0 Å². The van der Waals surface area contributed by atoms with Crippen LogP contribution < -0.4 is 16.0 Å². The van der Waals surface area contributed by atoms with Gasteiger partial charge < -0.3 is 15.8 Å². The van der Waals surface area contributed by atoms with Crippen molar-refractivity contribution < 1.29 is 9.53 Å². The predicted octanol–water partition coefficient (Wildman–Crippen LogP) is 3.90. The predicted molar refractivity (Wildman–Crippen MR) is 119 cm³/mol. The van der Waals surface area contributed by atoms with Crippen LogP contribution in [0.4, 0.5) is 21.3 Å². The molecule has 0 bridgehead atoms. The van der Waals surface area contributed by atoms with Gasteiger partial charge in [-0.3, -0.25) is 9.80 Å². The van der Waals surface area contributed by atoms with Gasteiger partial charge in [-0.05, 0) is 42.5 Å². The van der Waals surface area contributed by atoms with Crippen LogP contribution in [0, 0.1) is 0 Å². The first kappa shape index (κ1) is 19.9. The minimum Gasteiger partial charge on any atom is -0.379 e. The van der Waals surface area contributed by atoms with E-state index in [0.717, 1.165) is 48.8 Å². The molecule has 9 heteroatoms. The van der Waals surface area contributed by atoms with Crippen LogP contribution in [0.3, 0.4) is 0 Å². The highest BCUT2D eigenvalue weighted by Gasteiger charge is 2.19. The summed E-state index contributed by atoms with van der Waals surface area (Å²) in [6.07, 6.45) is 0. The number of thiazole rings is 1. The van der Waals surface area contributed by atoms with Gasteiger partial charge in [0.05, 0.1) is 23.4 Å². The van der Waals surface area contributed by atoms with E-state index in [1.54, 1.807) is 29.2 Å². The van der Waals surface area contributed by atoms with Crippen molar-refractivity contribution >= 4 is 55.7 Å². The van der Waals surface area contributed by atoms with E-state index < -0.39 is 0 Å². The van der Waals surface area contributed by atoms with Crippen LogP contribution in [0.15, 0.2) is 42.5 Å². The monoisotopic (exact) mass is 431 g/mol. The molecule has 2 amide bonds. The van der Waals surface area contributed by atoms with E-state index >= 15 is 0 Å². The van der Waals surface area contributed by atoms with E-state index in [1.165, 1.54) is 11.3 Å². The van der Waals surface area contributed by atoms with Gasteiger partial charge in [-0.25, -0.2) is 9.78 Å². The molecule has 4 rings (SSSR count). The number of anilines is 3. The van der Waals surface area contributed by atoms with Crippen LogP contribution in [0.25, 0.3) is 10.2 Å². The maximum atomic E-state index is 13.1. The van der Waals surface area contributed by atoms with Crippen LogP contribution in [0.2, 0.25) is 5.02 Å². The molecule has 2 heterocycles. The Morgan fingerprint density at radius 2 is 2.00 bits per heavy atom. The maximum Gasteiger partial charge on any atom is 0.326 e. The number of urea groups is 1. The molecule has 29 heavy (non-hydrogen) atoms. The van der Waals surface area contributed by atoms with Crippen LogP contribution in [0.5, 0.6) is 0 Å². The van der Waals surface area contributed by atoms with Crippen molar-refractivity contribution in [1.82, 2.24) is 9.88 Å². The molecule has 3 N–H and O–H groups in total. The Kier molecular flexibility index (Phi) is 6.15. The Hall–Kier alpha value is -2.39. The standard InChI is InChI=1S/C20H22ClN5O2S/c21-14-1-3-15(4-2-14)23-20(27)26(8-7-25-9-11-28-12-10-25)16-5-6-17-18(13-16)29-19(22)24-17/h1-6,13H,7-12H2,(H2,22,24)(H,23,27). The van der Waals surface area contributed by atoms with Gasteiger partial charge in [0.25, 0.3) is 0 Å². The number of carbonyl (C=O) groups is 1. The summed E-state index contributed by atoms with van der Waals surface area (Å²) in [4.78, 5) is 21.5. The Bertz CT molecular complexity index is 988. The molecule has 152 valence electrons. The van der Waals surface area contributed by atoms with Gasteiger partial charge in [0, 0.05) is 42.6 Å². The molecule has 0 unspecified atom stereocenters. The second kappa shape index (κ2) is 8.96. The minimum atomic E-state index is -0.197. The molecule has 0 spiro atoms. The lowest BCUT2D eigenvalue weighted by atomic mass is 10.2. The van der Waals surface area contributed by atoms with E-state index in [0.29, 0.717) is 22.4 Å². The van der Waals surface area contributed by atoms with E-state index in [1.807, 2.05) is 18.2 Å². The van der Waals surface area contributed by atoms with Crippen LogP contribution in [-0.2, 0) is 4.74 Å². The number of hydrogen-bond donors (Lipinski definition) is 2. The molecule has 3 aromatic rings. The molecule has 0 radical (unpaired) electrons. The Balaban J connectivity index is 1.56. The molecule has 0 atom stereocenters. The number of nitrogens with two attached hydrogens (primary N) is 1. The number of aromatic nitrogens is 1. The maximum absolute atomic E-state index is 13.1. The summed E-state index contributed by atoms with van der Waals surface area (Å²) in [5.74, 6) is 0. The highest BCUT2D eigenvalue weighted by molar-refractivity contribution is 7.22. The van der Waals surface area contributed by atoms with Gasteiger partial charge >= 0.3 is 6.03 Å². The van der Waals surface area contributed by atoms with Gasteiger partial charge in [-0.15, -0.1) is 0 Å². The first-order chi connectivity index (χ1) is 14.1. The lowest BCUT2D eigenvalue weighted by Crippen LogP contribution is -2.44. The molecule has 1 aliphatic heterocycles. The molecule has 2 aromatic carbocycles. The SMILES string of the molecule is Nc1nc2ccc(N(CCN3CCOCC3)C(=O)Nc3ccc(Cl)cc3)cc2s1. The number of hydrogen-bond acceptors (Lipinski definition) is 6. The fourth-order valence-electron chi connectivity index (χ4n) is 3.24. The highest BCUT2D eigenvalue weighted by atomic mass is 35.5. The zero-order valence-electron chi connectivity index (χ0n) is 15.8. The van der Waals surface area contributed by atoms with Crippen molar-refractivity contribution in [2.75, 3.05) is 55.3 Å². The zero-order valence-corrected chi connectivity index (χ0v) is 17.4. The molecule has 0 saturated carbocycles. The first-order valence-electron chi connectivity index (χ1n) is 9.39. The van der Waals surface area contributed by atoms with Crippen LogP contribution >= 0.6 is 22.9 Å². The average molecular weight is 432 g/mol. The van der Waals surface area contributed by atoms with E-state index in [2.05, 4.69) is 15.2 Å². The third-order valence-electron chi connectivity index (χ3n) is 4.78. The topological polar surface area (TPSA) is 83.7 Å². The molecule has 1 aromatic heterocycles. The van der Waals surface area contributed by atoms with Gasteiger partial charge in [-0.1, -0.05) is 22.9 Å². The lowest BCUT2D eigenvalue weighted by molar-refractivity contribution is 0.0393. The third kappa shape index (κ3) is 4.97. The first-order valence-corrected chi connectivity index (χ1v) is 10.6. The largest absolute Gasteiger partial charge is 0.379 e. The number of halogens is 1. The van der Waals surface area contributed by atoms with Crippen molar-refractivity contribution in [3.05, 3.63) is 47.5 Å². The van der Waals surface area contributed by atoms with E-state index in [9.17, 15) is 4.79 Å². The number of morpholine rings is 1. The fourth-order valence-corrected chi connectivity index (χ4v) is 4.13. The summed E-state index contributed by atoms with van der Waals surface area (Å²) in [6.45, 7) is 4.51. The quantitative estimate of drug-likeness (QED) is 0.640. The number of carbonyl (C=O) groups excluding carboxylic acids is 1. The lowest BCUT2D eigenvalue weighted by Gasteiger charge is -2.30. The number of rotatable bonds is 5. The second-order valence-corrected chi connectivity index (χ2v) is 8.25. The minimum absolute atomic E-state index is 0.197. The molecular formula is C20H22ClN5O2S.